The van der Waals surface area contributed by atoms with Gasteiger partial charge in [-0.05, 0) is 24.8 Å². The molecule has 1 amide bonds. The van der Waals surface area contributed by atoms with Crippen LogP contribution in [0.5, 0.6) is 5.75 Å². The fourth-order valence-corrected chi connectivity index (χ4v) is 2.70. The summed E-state index contributed by atoms with van der Waals surface area (Å²) in [6.07, 6.45) is 4.68. The number of ether oxygens (including phenoxy) is 1. The third-order valence-corrected chi connectivity index (χ3v) is 3.96. The second kappa shape index (κ2) is 7.29. The van der Waals surface area contributed by atoms with E-state index in [9.17, 15) is 9.90 Å². The number of hydrogen-bond donors (Lipinski definition) is 2. The Morgan fingerprint density at radius 2 is 2.10 bits per heavy atom. The lowest BCUT2D eigenvalue weighted by Gasteiger charge is -2.29. The Balaban J connectivity index is 1.82. The normalized spacial score (nSPS) is 22.3. The monoisotopic (exact) mass is 277 g/mol. The summed E-state index contributed by atoms with van der Waals surface area (Å²) in [6.45, 7) is 2.10. The van der Waals surface area contributed by atoms with E-state index in [0.717, 1.165) is 6.42 Å². The van der Waals surface area contributed by atoms with Gasteiger partial charge in [-0.25, -0.2) is 0 Å². The van der Waals surface area contributed by atoms with Crippen molar-refractivity contribution in [2.45, 2.75) is 45.3 Å². The summed E-state index contributed by atoms with van der Waals surface area (Å²) in [5.41, 5.74) is 0.700. The number of hydrogen-bond acceptors (Lipinski definition) is 3. The minimum Gasteiger partial charge on any atom is -0.483 e. The second-order valence-electron chi connectivity index (χ2n) is 5.49. The summed E-state index contributed by atoms with van der Waals surface area (Å²) in [7, 11) is 0. The summed E-state index contributed by atoms with van der Waals surface area (Å²) < 4.78 is 5.49. The Hall–Kier alpha value is -1.55. The molecule has 0 aromatic heterocycles. The van der Waals surface area contributed by atoms with Gasteiger partial charge >= 0.3 is 0 Å². The molecule has 4 nitrogen and oxygen atoms in total. The number of carbonyl (C=O) groups excluding carboxylic acids is 1. The molecule has 0 radical (unpaired) electrons. The molecule has 1 aromatic carbocycles. The highest BCUT2D eigenvalue weighted by atomic mass is 16.5. The van der Waals surface area contributed by atoms with Gasteiger partial charge in [0.2, 0.25) is 0 Å². The highest BCUT2D eigenvalue weighted by Gasteiger charge is 2.22. The van der Waals surface area contributed by atoms with Gasteiger partial charge in [-0.15, -0.1) is 0 Å². The zero-order valence-electron chi connectivity index (χ0n) is 12.0. The average Bonchev–Trinajstić information content (AvgIpc) is 2.48. The van der Waals surface area contributed by atoms with Crippen LogP contribution in [-0.2, 0) is 11.4 Å². The van der Waals surface area contributed by atoms with Crippen molar-refractivity contribution in [3.05, 3.63) is 29.8 Å². The van der Waals surface area contributed by atoms with Crippen LogP contribution >= 0.6 is 0 Å². The fourth-order valence-electron chi connectivity index (χ4n) is 2.70. The van der Waals surface area contributed by atoms with Crippen LogP contribution in [-0.4, -0.2) is 23.7 Å². The number of nitrogens with one attached hydrogen (secondary N) is 1. The minimum atomic E-state index is -0.0866. The van der Waals surface area contributed by atoms with Crippen LogP contribution < -0.4 is 10.1 Å². The van der Waals surface area contributed by atoms with Gasteiger partial charge in [0.05, 0.1) is 6.61 Å². The quantitative estimate of drug-likeness (QED) is 0.868. The van der Waals surface area contributed by atoms with Crippen LogP contribution in [0.2, 0.25) is 0 Å². The fraction of sp³-hybridized carbons (Fsp3) is 0.562. The van der Waals surface area contributed by atoms with E-state index in [1.807, 2.05) is 12.1 Å². The number of aliphatic hydroxyl groups excluding tert-OH is 1. The summed E-state index contributed by atoms with van der Waals surface area (Å²) in [6, 6.07) is 7.49. The summed E-state index contributed by atoms with van der Waals surface area (Å²) in [5.74, 6) is 1.02. The number of aliphatic hydroxyl groups is 1. The van der Waals surface area contributed by atoms with Crippen LogP contribution in [0.1, 0.15) is 38.2 Å². The minimum absolute atomic E-state index is 0.000231. The van der Waals surface area contributed by atoms with Crippen LogP contribution in [0.3, 0.4) is 0 Å². The van der Waals surface area contributed by atoms with E-state index in [4.69, 9.17) is 4.74 Å². The first-order valence-electron chi connectivity index (χ1n) is 7.31. The highest BCUT2D eigenvalue weighted by Crippen LogP contribution is 2.23. The van der Waals surface area contributed by atoms with Gasteiger partial charge in [0.15, 0.2) is 6.61 Å². The largest absolute Gasteiger partial charge is 0.483 e. The van der Waals surface area contributed by atoms with Crippen molar-refractivity contribution < 1.29 is 14.6 Å². The number of benzene rings is 1. The van der Waals surface area contributed by atoms with Gasteiger partial charge in [-0.1, -0.05) is 38.0 Å². The Labute approximate surface area is 120 Å². The molecular formula is C16H23NO3. The van der Waals surface area contributed by atoms with E-state index in [1.165, 1.54) is 19.3 Å². The first kappa shape index (κ1) is 14.9. The van der Waals surface area contributed by atoms with Crippen molar-refractivity contribution in [2.75, 3.05) is 6.61 Å². The standard InChI is InChI=1S/C16H23NO3/c1-12-6-2-4-8-14(12)17-16(19)11-20-15-9-5-3-7-13(15)10-18/h3,5,7,9,12,14,18H,2,4,6,8,10-11H2,1H3,(H,17,19). The van der Waals surface area contributed by atoms with Crippen LogP contribution in [0.25, 0.3) is 0 Å². The van der Waals surface area contributed by atoms with Crippen molar-refractivity contribution >= 4 is 5.91 Å². The maximum atomic E-state index is 11.9. The van der Waals surface area contributed by atoms with Gasteiger partial charge in [0, 0.05) is 11.6 Å². The molecule has 1 aromatic rings. The molecule has 1 aliphatic carbocycles. The Morgan fingerprint density at radius 1 is 1.35 bits per heavy atom. The summed E-state index contributed by atoms with van der Waals surface area (Å²) in [4.78, 5) is 11.9. The number of carbonyl (C=O) groups is 1. The Morgan fingerprint density at radius 3 is 2.85 bits per heavy atom. The summed E-state index contributed by atoms with van der Waals surface area (Å²) >= 11 is 0. The molecule has 0 saturated heterocycles. The summed E-state index contributed by atoms with van der Waals surface area (Å²) in [5, 5.41) is 12.2. The zero-order valence-corrected chi connectivity index (χ0v) is 12.0. The first-order chi connectivity index (χ1) is 9.70. The van der Waals surface area contributed by atoms with Gasteiger partial charge in [0.1, 0.15) is 5.75 Å². The van der Waals surface area contributed by atoms with Crippen molar-refractivity contribution in [1.82, 2.24) is 5.32 Å². The van der Waals surface area contributed by atoms with Crippen LogP contribution in [0.4, 0.5) is 0 Å². The Kier molecular flexibility index (Phi) is 5.41. The third kappa shape index (κ3) is 3.97. The first-order valence-corrected chi connectivity index (χ1v) is 7.31. The molecule has 4 heteroatoms. The molecular weight excluding hydrogens is 254 g/mol. The lowest BCUT2D eigenvalue weighted by atomic mass is 9.86. The zero-order chi connectivity index (χ0) is 14.4. The van der Waals surface area contributed by atoms with Gasteiger partial charge < -0.3 is 15.2 Å². The van der Waals surface area contributed by atoms with Gasteiger partial charge in [-0.2, -0.15) is 0 Å². The second-order valence-corrected chi connectivity index (χ2v) is 5.49. The predicted octanol–water partition coefficient (Wildman–Crippen LogP) is 2.25. The smallest absolute Gasteiger partial charge is 0.258 e. The molecule has 2 N–H and O–H groups in total. The predicted molar refractivity (Wildman–Crippen MR) is 77.4 cm³/mol. The molecule has 1 saturated carbocycles. The maximum absolute atomic E-state index is 11.9. The lowest BCUT2D eigenvalue weighted by molar-refractivity contribution is -0.124. The molecule has 110 valence electrons. The molecule has 0 aliphatic heterocycles. The molecule has 1 aliphatic rings. The molecule has 2 unspecified atom stereocenters. The van der Waals surface area contributed by atoms with Crippen molar-refractivity contribution in [2.24, 2.45) is 5.92 Å². The molecule has 20 heavy (non-hydrogen) atoms. The molecule has 0 spiro atoms. The van der Waals surface area contributed by atoms with Crippen LogP contribution in [0.15, 0.2) is 24.3 Å². The molecule has 0 bridgehead atoms. The Bertz CT molecular complexity index is 447. The third-order valence-electron chi connectivity index (χ3n) is 3.96. The molecule has 2 rings (SSSR count). The van der Waals surface area contributed by atoms with E-state index in [1.54, 1.807) is 12.1 Å². The van der Waals surface area contributed by atoms with E-state index in [2.05, 4.69) is 12.2 Å². The van der Waals surface area contributed by atoms with E-state index in [-0.39, 0.29) is 25.2 Å². The number of rotatable bonds is 5. The molecule has 0 heterocycles. The van der Waals surface area contributed by atoms with Crippen LogP contribution in [0, 0.1) is 5.92 Å². The molecule has 2 atom stereocenters. The van der Waals surface area contributed by atoms with Crippen molar-refractivity contribution in [3.63, 3.8) is 0 Å². The maximum Gasteiger partial charge on any atom is 0.258 e. The van der Waals surface area contributed by atoms with Gasteiger partial charge in [0.25, 0.3) is 5.91 Å². The van der Waals surface area contributed by atoms with E-state index >= 15 is 0 Å². The molecule has 1 fully saturated rings. The van der Waals surface area contributed by atoms with E-state index < -0.39 is 0 Å². The topological polar surface area (TPSA) is 58.6 Å². The van der Waals surface area contributed by atoms with Gasteiger partial charge in [-0.3, -0.25) is 4.79 Å². The number of amides is 1. The van der Waals surface area contributed by atoms with E-state index in [0.29, 0.717) is 17.2 Å². The number of para-hydroxylation sites is 1. The highest BCUT2D eigenvalue weighted by molar-refractivity contribution is 5.77. The average molecular weight is 277 g/mol. The SMILES string of the molecule is CC1CCCCC1NC(=O)COc1ccccc1CO. The van der Waals surface area contributed by atoms with Crippen molar-refractivity contribution in [1.29, 1.82) is 0 Å². The lowest BCUT2D eigenvalue weighted by Crippen LogP contribution is -2.43. The van der Waals surface area contributed by atoms with Crippen molar-refractivity contribution in [3.8, 4) is 5.75 Å².